The van der Waals surface area contributed by atoms with E-state index >= 15 is 0 Å². The number of benzene rings is 1. The van der Waals surface area contributed by atoms with Gasteiger partial charge in [0.25, 0.3) is 0 Å². The number of hydrogen-bond donors (Lipinski definition) is 2. The molecule has 1 fully saturated rings. The van der Waals surface area contributed by atoms with E-state index in [1.165, 1.54) is 25.7 Å². The summed E-state index contributed by atoms with van der Waals surface area (Å²) in [7, 11) is 1.66. The Morgan fingerprint density at radius 1 is 1.41 bits per heavy atom. The third-order valence-electron chi connectivity index (χ3n) is 3.62. The zero-order valence-corrected chi connectivity index (χ0v) is 10.5. The molecule has 0 aliphatic heterocycles. The van der Waals surface area contributed by atoms with Gasteiger partial charge >= 0.3 is 0 Å². The Morgan fingerprint density at radius 3 is 2.82 bits per heavy atom. The molecule has 3 nitrogen and oxygen atoms in total. The molecule has 0 unspecified atom stereocenters. The molecule has 1 aromatic rings. The molecule has 1 aromatic carbocycles. The average molecular weight is 234 g/mol. The van der Waals surface area contributed by atoms with Crippen LogP contribution in [0.3, 0.4) is 0 Å². The first-order valence-corrected chi connectivity index (χ1v) is 6.42. The summed E-state index contributed by atoms with van der Waals surface area (Å²) < 4.78 is 5.13. The Labute approximate surface area is 103 Å². The second-order valence-electron chi connectivity index (χ2n) is 4.83. The lowest BCUT2D eigenvalue weighted by Crippen LogP contribution is -2.21. The van der Waals surface area contributed by atoms with Gasteiger partial charge in [-0.15, -0.1) is 0 Å². The van der Waals surface area contributed by atoms with E-state index in [-0.39, 0.29) is 0 Å². The Bertz CT molecular complexity index is 361. The van der Waals surface area contributed by atoms with Crippen molar-refractivity contribution < 1.29 is 4.74 Å². The second-order valence-corrected chi connectivity index (χ2v) is 4.83. The van der Waals surface area contributed by atoms with Crippen LogP contribution in [-0.4, -0.2) is 13.7 Å². The van der Waals surface area contributed by atoms with Gasteiger partial charge in [0.2, 0.25) is 0 Å². The molecule has 0 amide bonds. The van der Waals surface area contributed by atoms with E-state index in [2.05, 4.69) is 5.32 Å². The Balaban J connectivity index is 1.73. The predicted octanol–water partition coefficient (Wildman–Crippen LogP) is 2.56. The number of methoxy groups -OCH3 is 1. The first-order chi connectivity index (χ1) is 8.29. The van der Waals surface area contributed by atoms with Crippen LogP contribution in [0, 0.1) is 5.92 Å². The highest BCUT2D eigenvalue weighted by atomic mass is 16.5. The molecular weight excluding hydrogens is 212 g/mol. The van der Waals surface area contributed by atoms with Crippen LogP contribution in [0.1, 0.15) is 31.2 Å². The first kappa shape index (κ1) is 12.2. The molecule has 0 saturated heterocycles. The molecule has 0 bridgehead atoms. The monoisotopic (exact) mass is 234 g/mol. The van der Waals surface area contributed by atoms with E-state index in [4.69, 9.17) is 10.5 Å². The van der Waals surface area contributed by atoms with Gasteiger partial charge in [0, 0.05) is 18.3 Å². The van der Waals surface area contributed by atoms with Crippen molar-refractivity contribution in [2.24, 2.45) is 5.92 Å². The van der Waals surface area contributed by atoms with Crippen LogP contribution in [0.15, 0.2) is 18.2 Å². The van der Waals surface area contributed by atoms with E-state index in [0.29, 0.717) is 0 Å². The normalized spacial score (nSPS) is 15.6. The van der Waals surface area contributed by atoms with Crippen molar-refractivity contribution in [2.45, 2.75) is 32.2 Å². The molecule has 0 heterocycles. The van der Waals surface area contributed by atoms with Crippen LogP contribution < -0.4 is 15.8 Å². The number of rotatable bonds is 6. The van der Waals surface area contributed by atoms with Gasteiger partial charge in [-0.05, 0) is 30.5 Å². The van der Waals surface area contributed by atoms with Crippen LogP contribution in [0.4, 0.5) is 5.69 Å². The van der Waals surface area contributed by atoms with Gasteiger partial charge in [-0.25, -0.2) is 0 Å². The molecule has 17 heavy (non-hydrogen) atoms. The average Bonchev–Trinajstić information content (AvgIpc) is 2.28. The minimum absolute atomic E-state index is 0.806. The smallest absolute Gasteiger partial charge is 0.120 e. The van der Waals surface area contributed by atoms with E-state index in [1.807, 2.05) is 18.2 Å². The number of hydrogen-bond acceptors (Lipinski definition) is 3. The maximum absolute atomic E-state index is 5.96. The van der Waals surface area contributed by atoms with Crippen LogP contribution >= 0.6 is 0 Å². The summed E-state index contributed by atoms with van der Waals surface area (Å²) in [5.41, 5.74) is 7.91. The summed E-state index contributed by atoms with van der Waals surface area (Å²) in [6.07, 6.45) is 5.57. The van der Waals surface area contributed by atoms with Crippen molar-refractivity contribution in [3.63, 3.8) is 0 Å². The molecule has 0 spiro atoms. The minimum atomic E-state index is 0.806. The fourth-order valence-corrected chi connectivity index (χ4v) is 2.17. The Hall–Kier alpha value is -1.22. The quantitative estimate of drug-likeness (QED) is 0.587. The topological polar surface area (TPSA) is 47.3 Å². The molecule has 0 atom stereocenters. The summed E-state index contributed by atoms with van der Waals surface area (Å²) in [6, 6.07) is 5.87. The highest BCUT2D eigenvalue weighted by molar-refractivity contribution is 5.51. The number of nitrogens with two attached hydrogens (primary N) is 1. The molecular formula is C14H22N2O. The molecule has 2 rings (SSSR count). The lowest BCUT2D eigenvalue weighted by atomic mass is 9.83. The molecule has 1 aliphatic rings. The highest BCUT2D eigenvalue weighted by Gasteiger charge is 2.16. The minimum Gasteiger partial charge on any atom is -0.497 e. The maximum atomic E-state index is 5.96. The largest absolute Gasteiger partial charge is 0.497 e. The second kappa shape index (κ2) is 5.92. The fourth-order valence-electron chi connectivity index (χ4n) is 2.17. The summed E-state index contributed by atoms with van der Waals surface area (Å²) in [6.45, 7) is 1.94. The zero-order valence-electron chi connectivity index (χ0n) is 10.5. The number of nitrogens with one attached hydrogen (secondary N) is 1. The van der Waals surface area contributed by atoms with E-state index in [0.717, 1.165) is 36.0 Å². The number of nitrogen functional groups attached to an aromatic ring is 1. The van der Waals surface area contributed by atoms with Gasteiger partial charge in [-0.2, -0.15) is 0 Å². The molecule has 1 saturated carbocycles. The van der Waals surface area contributed by atoms with Crippen molar-refractivity contribution in [1.29, 1.82) is 0 Å². The van der Waals surface area contributed by atoms with Crippen molar-refractivity contribution in [3.05, 3.63) is 23.8 Å². The van der Waals surface area contributed by atoms with E-state index in [9.17, 15) is 0 Å². The summed E-state index contributed by atoms with van der Waals surface area (Å²) in [5.74, 6) is 1.79. The van der Waals surface area contributed by atoms with Gasteiger partial charge in [0.05, 0.1) is 7.11 Å². The first-order valence-electron chi connectivity index (χ1n) is 6.42. The van der Waals surface area contributed by atoms with E-state index < -0.39 is 0 Å². The Kier molecular flexibility index (Phi) is 4.26. The van der Waals surface area contributed by atoms with Crippen molar-refractivity contribution >= 4 is 5.69 Å². The highest BCUT2D eigenvalue weighted by Crippen LogP contribution is 2.28. The van der Waals surface area contributed by atoms with Crippen LogP contribution in [0.25, 0.3) is 0 Å². The fraction of sp³-hybridized carbons (Fsp3) is 0.571. The lowest BCUT2D eigenvalue weighted by molar-refractivity contribution is 0.292. The Morgan fingerprint density at radius 2 is 2.24 bits per heavy atom. The molecule has 0 aromatic heterocycles. The van der Waals surface area contributed by atoms with Crippen molar-refractivity contribution in [1.82, 2.24) is 5.32 Å². The predicted molar refractivity (Wildman–Crippen MR) is 71.1 cm³/mol. The van der Waals surface area contributed by atoms with Crippen LogP contribution in [0.2, 0.25) is 0 Å². The molecule has 94 valence electrons. The van der Waals surface area contributed by atoms with E-state index in [1.54, 1.807) is 7.11 Å². The van der Waals surface area contributed by atoms with Crippen LogP contribution in [0.5, 0.6) is 5.75 Å². The zero-order chi connectivity index (χ0) is 12.1. The summed E-state index contributed by atoms with van der Waals surface area (Å²) >= 11 is 0. The SMILES string of the molecule is COc1ccc(CNCCC2CCC2)c(N)c1. The molecule has 3 N–H and O–H groups in total. The standard InChI is InChI=1S/C14H22N2O/c1-17-13-6-5-12(14(15)9-13)10-16-8-7-11-3-2-4-11/h5-6,9,11,16H,2-4,7-8,10,15H2,1H3. The molecule has 0 radical (unpaired) electrons. The van der Waals surface area contributed by atoms with Gasteiger partial charge in [-0.3, -0.25) is 0 Å². The van der Waals surface area contributed by atoms with Gasteiger partial charge in [0.1, 0.15) is 5.75 Å². The van der Waals surface area contributed by atoms with Crippen molar-refractivity contribution in [3.8, 4) is 5.75 Å². The van der Waals surface area contributed by atoms with Gasteiger partial charge < -0.3 is 15.8 Å². The van der Waals surface area contributed by atoms with Gasteiger partial charge in [0.15, 0.2) is 0 Å². The van der Waals surface area contributed by atoms with Crippen molar-refractivity contribution in [2.75, 3.05) is 19.4 Å². The van der Waals surface area contributed by atoms with Gasteiger partial charge in [-0.1, -0.05) is 25.3 Å². The molecule has 3 heteroatoms. The summed E-state index contributed by atoms with van der Waals surface area (Å²) in [4.78, 5) is 0. The number of ether oxygens (including phenoxy) is 1. The third kappa shape index (κ3) is 3.37. The summed E-state index contributed by atoms with van der Waals surface area (Å²) in [5, 5.41) is 3.46. The third-order valence-corrected chi connectivity index (χ3v) is 3.62. The lowest BCUT2D eigenvalue weighted by Gasteiger charge is -2.25. The molecule has 1 aliphatic carbocycles. The van der Waals surface area contributed by atoms with Crippen LogP contribution in [-0.2, 0) is 6.54 Å². The number of anilines is 1. The maximum Gasteiger partial charge on any atom is 0.120 e.